The maximum Gasteiger partial charge on any atom is 0.220 e. The molecule has 2 heterocycles. The molecule has 0 unspecified atom stereocenters. The first-order chi connectivity index (χ1) is 14.3. The van der Waals surface area contributed by atoms with Crippen molar-refractivity contribution in [3.05, 3.63) is 59.8 Å². The Morgan fingerprint density at radius 1 is 1.07 bits per heavy atom. The molecule has 3 rings (SSSR count). The number of pyridine rings is 1. The van der Waals surface area contributed by atoms with E-state index in [0.717, 1.165) is 18.0 Å². The standard InChI is InChI=1S/C20H24F2N4O3S/c21-17-6-4-16(15-18(17)22)5-7-20(27)24-9-14-30(28,29)26-12-10-25(11-13-26)19-3-1-2-8-23-19/h1-4,6,8,15H,5,7,9-14H2,(H,24,27). The molecule has 1 aromatic carbocycles. The Morgan fingerprint density at radius 2 is 1.83 bits per heavy atom. The van der Waals surface area contributed by atoms with Crippen molar-refractivity contribution in [2.75, 3.05) is 43.4 Å². The van der Waals surface area contributed by atoms with Gasteiger partial charge < -0.3 is 10.2 Å². The van der Waals surface area contributed by atoms with Crippen LogP contribution in [-0.4, -0.2) is 62.1 Å². The van der Waals surface area contributed by atoms with Crippen molar-refractivity contribution in [1.29, 1.82) is 0 Å². The predicted molar refractivity (Wildman–Crippen MR) is 109 cm³/mol. The monoisotopic (exact) mass is 438 g/mol. The minimum absolute atomic E-state index is 0.000595. The van der Waals surface area contributed by atoms with Crippen LogP contribution >= 0.6 is 0 Å². The third-order valence-electron chi connectivity index (χ3n) is 4.91. The number of anilines is 1. The molecule has 1 amide bonds. The van der Waals surface area contributed by atoms with Gasteiger partial charge in [-0.3, -0.25) is 4.79 Å². The van der Waals surface area contributed by atoms with Gasteiger partial charge in [-0.2, -0.15) is 4.31 Å². The Hall–Kier alpha value is -2.59. The molecule has 0 bridgehead atoms. The van der Waals surface area contributed by atoms with Crippen LogP contribution in [0.25, 0.3) is 0 Å². The van der Waals surface area contributed by atoms with Crippen LogP contribution in [0.3, 0.4) is 0 Å². The Labute approximate surface area is 174 Å². The Balaban J connectivity index is 1.39. The molecular weight excluding hydrogens is 414 g/mol. The molecule has 1 aromatic heterocycles. The van der Waals surface area contributed by atoms with Crippen LogP contribution in [0.4, 0.5) is 14.6 Å². The van der Waals surface area contributed by atoms with E-state index in [-0.39, 0.29) is 31.0 Å². The van der Waals surface area contributed by atoms with Gasteiger partial charge >= 0.3 is 0 Å². The highest BCUT2D eigenvalue weighted by Gasteiger charge is 2.27. The number of hydrogen-bond acceptors (Lipinski definition) is 5. The lowest BCUT2D eigenvalue weighted by Crippen LogP contribution is -2.50. The number of halogens is 2. The molecular formula is C20H24F2N4O3S. The second-order valence-corrected chi connectivity index (χ2v) is 9.08. The predicted octanol–water partition coefficient (Wildman–Crippen LogP) is 1.56. The lowest BCUT2D eigenvalue weighted by molar-refractivity contribution is -0.120. The van der Waals surface area contributed by atoms with Gasteiger partial charge in [0, 0.05) is 45.3 Å². The Bertz CT molecular complexity index is 965. The van der Waals surface area contributed by atoms with E-state index in [1.165, 1.54) is 10.4 Å². The van der Waals surface area contributed by atoms with Crippen LogP contribution in [0.15, 0.2) is 42.6 Å². The van der Waals surface area contributed by atoms with E-state index in [9.17, 15) is 22.0 Å². The highest BCUT2D eigenvalue weighted by Crippen LogP contribution is 2.15. The van der Waals surface area contributed by atoms with Crippen molar-refractivity contribution < 1.29 is 22.0 Å². The van der Waals surface area contributed by atoms with E-state index in [2.05, 4.69) is 10.3 Å². The SMILES string of the molecule is O=C(CCc1ccc(F)c(F)c1)NCCS(=O)(=O)N1CCN(c2ccccn2)CC1. The van der Waals surface area contributed by atoms with Crippen molar-refractivity contribution in [3.8, 4) is 0 Å². The van der Waals surface area contributed by atoms with Crippen LogP contribution in [0.2, 0.25) is 0 Å². The normalized spacial score (nSPS) is 15.2. The largest absolute Gasteiger partial charge is 0.355 e. The van der Waals surface area contributed by atoms with Crippen LogP contribution < -0.4 is 10.2 Å². The summed E-state index contributed by atoms with van der Waals surface area (Å²) in [6.45, 7) is 1.83. The number of rotatable bonds is 8. The molecule has 0 radical (unpaired) electrons. The molecule has 1 saturated heterocycles. The Kier molecular flexibility index (Phi) is 7.33. The first-order valence-electron chi connectivity index (χ1n) is 9.69. The molecule has 0 atom stereocenters. The molecule has 0 spiro atoms. The third-order valence-corrected chi connectivity index (χ3v) is 6.78. The molecule has 30 heavy (non-hydrogen) atoms. The number of sulfonamides is 1. The summed E-state index contributed by atoms with van der Waals surface area (Å²) in [5, 5.41) is 2.58. The van der Waals surface area contributed by atoms with E-state index < -0.39 is 21.7 Å². The highest BCUT2D eigenvalue weighted by molar-refractivity contribution is 7.89. The zero-order valence-electron chi connectivity index (χ0n) is 16.4. The summed E-state index contributed by atoms with van der Waals surface area (Å²) in [5.74, 6) is -1.60. The van der Waals surface area contributed by atoms with Gasteiger partial charge in [-0.05, 0) is 36.2 Å². The molecule has 0 saturated carbocycles. The third kappa shape index (κ3) is 5.96. The molecule has 0 aliphatic carbocycles. The van der Waals surface area contributed by atoms with Crippen LogP contribution in [0.1, 0.15) is 12.0 Å². The fraction of sp³-hybridized carbons (Fsp3) is 0.400. The number of carbonyl (C=O) groups excluding carboxylic acids is 1. The Morgan fingerprint density at radius 3 is 2.50 bits per heavy atom. The summed E-state index contributed by atoms with van der Waals surface area (Å²) < 4.78 is 52.6. The average molecular weight is 439 g/mol. The highest BCUT2D eigenvalue weighted by atomic mass is 32.2. The number of aryl methyl sites for hydroxylation is 1. The number of nitrogens with zero attached hydrogens (tertiary/aromatic N) is 3. The van der Waals surface area contributed by atoms with Crippen molar-refractivity contribution in [1.82, 2.24) is 14.6 Å². The van der Waals surface area contributed by atoms with Gasteiger partial charge in [0.2, 0.25) is 15.9 Å². The summed E-state index contributed by atoms with van der Waals surface area (Å²) in [5.41, 5.74) is 0.502. The van der Waals surface area contributed by atoms with Crippen molar-refractivity contribution in [2.45, 2.75) is 12.8 Å². The van der Waals surface area contributed by atoms with Gasteiger partial charge in [-0.15, -0.1) is 0 Å². The van der Waals surface area contributed by atoms with Gasteiger partial charge in [0.1, 0.15) is 5.82 Å². The lowest BCUT2D eigenvalue weighted by atomic mass is 10.1. The molecule has 1 aliphatic heterocycles. The lowest BCUT2D eigenvalue weighted by Gasteiger charge is -2.34. The van der Waals surface area contributed by atoms with Crippen LogP contribution in [0, 0.1) is 11.6 Å². The molecule has 7 nitrogen and oxygen atoms in total. The molecule has 2 aromatic rings. The van der Waals surface area contributed by atoms with Gasteiger partial charge in [0.25, 0.3) is 0 Å². The van der Waals surface area contributed by atoms with Gasteiger partial charge in [0.15, 0.2) is 11.6 Å². The van der Waals surface area contributed by atoms with Crippen LogP contribution in [-0.2, 0) is 21.2 Å². The molecule has 1 N–H and O–H groups in total. The second kappa shape index (κ2) is 9.94. The number of amides is 1. The van der Waals surface area contributed by atoms with E-state index in [0.29, 0.717) is 31.7 Å². The fourth-order valence-electron chi connectivity index (χ4n) is 3.23. The van der Waals surface area contributed by atoms with E-state index >= 15 is 0 Å². The summed E-state index contributed by atoms with van der Waals surface area (Å²) >= 11 is 0. The van der Waals surface area contributed by atoms with Gasteiger partial charge in [0.05, 0.1) is 5.75 Å². The van der Waals surface area contributed by atoms with Crippen LogP contribution in [0.5, 0.6) is 0 Å². The smallest absolute Gasteiger partial charge is 0.220 e. The topological polar surface area (TPSA) is 82.6 Å². The summed E-state index contributed by atoms with van der Waals surface area (Å²) in [4.78, 5) is 18.2. The van der Waals surface area contributed by atoms with Crippen molar-refractivity contribution >= 4 is 21.7 Å². The first kappa shape index (κ1) is 22.1. The summed E-state index contributed by atoms with van der Waals surface area (Å²) in [6.07, 6.45) is 2.01. The first-order valence-corrected chi connectivity index (χ1v) is 11.3. The maximum atomic E-state index is 13.2. The van der Waals surface area contributed by atoms with Crippen molar-refractivity contribution in [3.63, 3.8) is 0 Å². The number of carbonyl (C=O) groups is 1. The quantitative estimate of drug-likeness (QED) is 0.677. The molecule has 1 aliphatic rings. The minimum Gasteiger partial charge on any atom is -0.355 e. The van der Waals surface area contributed by atoms with Crippen molar-refractivity contribution in [2.24, 2.45) is 0 Å². The van der Waals surface area contributed by atoms with Gasteiger partial charge in [-0.25, -0.2) is 22.2 Å². The number of piperazine rings is 1. The molecule has 10 heteroatoms. The number of nitrogens with one attached hydrogen (secondary N) is 1. The van der Waals surface area contributed by atoms with E-state index in [1.54, 1.807) is 6.20 Å². The number of benzene rings is 1. The zero-order chi connectivity index (χ0) is 21.6. The molecule has 1 fully saturated rings. The number of hydrogen-bond donors (Lipinski definition) is 1. The summed E-state index contributed by atoms with van der Waals surface area (Å²) in [7, 11) is -3.48. The average Bonchev–Trinajstić information content (AvgIpc) is 2.75. The zero-order valence-corrected chi connectivity index (χ0v) is 17.2. The van der Waals surface area contributed by atoms with E-state index in [1.807, 2.05) is 23.1 Å². The van der Waals surface area contributed by atoms with E-state index in [4.69, 9.17) is 0 Å². The number of aromatic nitrogens is 1. The fourth-order valence-corrected chi connectivity index (χ4v) is 4.56. The van der Waals surface area contributed by atoms with Gasteiger partial charge in [-0.1, -0.05) is 12.1 Å². The second-order valence-electron chi connectivity index (χ2n) is 6.99. The summed E-state index contributed by atoms with van der Waals surface area (Å²) in [6, 6.07) is 9.10. The maximum absolute atomic E-state index is 13.2. The minimum atomic E-state index is -3.48. The molecule has 162 valence electrons.